The summed E-state index contributed by atoms with van der Waals surface area (Å²) in [4.78, 5) is 4.53. The van der Waals surface area contributed by atoms with Gasteiger partial charge in [-0.3, -0.25) is 0 Å². The molecule has 0 fully saturated rings. The average molecular weight is 544 g/mol. The van der Waals surface area contributed by atoms with E-state index < -0.39 is 10.0 Å². The van der Waals surface area contributed by atoms with Crippen LogP contribution in [0.5, 0.6) is 5.75 Å². The standard InChI is InChI=1S/C19H33FN4O3S.HI/c1-5-17(27-18-11-8-10-16(20)14-18)15-23-19(21-6-2)22-12-9-13-24(7-3)28(4,25)26;/h8,10-11,14,17H,5-7,9,12-13,15H2,1-4H3,(H2,21,22,23);1H. The molecule has 0 amide bonds. The lowest BCUT2D eigenvalue weighted by atomic mass is 10.2. The molecule has 168 valence electrons. The summed E-state index contributed by atoms with van der Waals surface area (Å²) < 4.78 is 43.8. The molecule has 7 nitrogen and oxygen atoms in total. The molecule has 0 saturated heterocycles. The first-order chi connectivity index (χ1) is 13.3. The van der Waals surface area contributed by atoms with Crippen molar-refractivity contribution in [2.45, 2.75) is 39.7 Å². The van der Waals surface area contributed by atoms with Gasteiger partial charge in [-0.15, -0.1) is 24.0 Å². The average Bonchev–Trinajstić information content (AvgIpc) is 2.63. The van der Waals surface area contributed by atoms with E-state index in [1.54, 1.807) is 12.1 Å². The van der Waals surface area contributed by atoms with Crippen molar-refractivity contribution in [2.75, 3.05) is 39.0 Å². The molecule has 0 spiro atoms. The lowest BCUT2D eigenvalue weighted by Gasteiger charge is -2.19. The van der Waals surface area contributed by atoms with Crippen molar-refractivity contribution in [1.29, 1.82) is 0 Å². The van der Waals surface area contributed by atoms with E-state index in [2.05, 4.69) is 15.6 Å². The SMILES string of the molecule is CCNC(=NCC(CC)Oc1cccc(F)c1)NCCCN(CC)S(C)(=O)=O.I. The molecule has 1 unspecified atom stereocenters. The van der Waals surface area contributed by atoms with Gasteiger partial charge in [-0.05, 0) is 31.9 Å². The molecule has 2 N–H and O–H groups in total. The Labute approximate surface area is 191 Å². The molecular weight excluding hydrogens is 510 g/mol. The Bertz CT molecular complexity index is 719. The molecule has 0 saturated carbocycles. The van der Waals surface area contributed by atoms with Gasteiger partial charge in [0, 0.05) is 32.2 Å². The van der Waals surface area contributed by atoms with Gasteiger partial charge in [0.2, 0.25) is 10.0 Å². The van der Waals surface area contributed by atoms with E-state index in [0.29, 0.717) is 50.9 Å². The van der Waals surface area contributed by atoms with Crippen molar-refractivity contribution in [2.24, 2.45) is 4.99 Å². The zero-order chi connectivity index (χ0) is 21.0. The van der Waals surface area contributed by atoms with Crippen LogP contribution in [-0.4, -0.2) is 63.8 Å². The van der Waals surface area contributed by atoms with Crippen molar-refractivity contribution in [1.82, 2.24) is 14.9 Å². The van der Waals surface area contributed by atoms with Crippen LogP contribution in [0.15, 0.2) is 29.3 Å². The second kappa shape index (κ2) is 14.8. The number of guanidine groups is 1. The van der Waals surface area contributed by atoms with Crippen LogP contribution in [0, 0.1) is 5.82 Å². The number of hydrogen-bond acceptors (Lipinski definition) is 4. The Morgan fingerprint density at radius 3 is 2.55 bits per heavy atom. The number of halogens is 2. The highest BCUT2D eigenvalue weighted by Crippen LogP contribution is 2.15. The van der Waals surface area contributed by atoms with E-state index in [9.17, 15) is 12.8 Å². The second-order valence-electron chi connectivity index (χ2n) is 6.36. The van der Waals surface area contributed by atoms with Gasteiger partial charge in [0.15, 0.2) is 5.96 Å². The highest BCUT2D eigenvalue weighted by molar-refractivity contribution is 14.0. The maximum atomic E-state index is 13.3. The van der Waals surface area contributed by atoms with E-state index in [4.69, 9.17) is 4.74 Å². The maximum absolute atomic E-state index is 13.3. The summed E-state index contributed by atoms with van der Waals surface area (Å²) in [6.07, 6.45) is 2.46. The number of benzene rings is 1. The number of ether oxygens (including phenoxy) is 1. The molecule has 0 aliphatic heterocycles. The van der Waals surface area contributed by atoms with Crippen LogP contribution in [0.2, 0.25) is 0 Å². The molecular formula is C19H34FIN4O3S. The van der Waals surface area contributed by atoms with Crippen LogP contribution in [-0.2, 0) is 10.0 Å². The lowest BCUT2D eigenvalue weighted by molar-refractivity contribution is 0.205. The summed E-state index contributed by atoms with van der Waals surface area (Å²) in [5.41, 5.74) is 0. The second-order valence-corrected chi connectivity index (χ2v) is 8.34. The van der Waals surface area contributed by atoms with Crippen molar-refractivity contribution in [3.63, 3.8) is 0 Å². The molecule has 0 radical (unpaired) electrons. The highest BCUT2D eigenvalue weighted by Gasteiger charge is 2.13. The van der Waals surface area contributed by atoms with E-state index in [0.717, 1.165) is 6.42 Å². The minimum absolute atomic E-state index is 0. The van der Waals surface area contributed by atoms with Crippen molar-refractivity contribution < 1.29 is 17.5 Å². The Morgan fingerprint density at radius 2 is 2.00 bits per heavy atom. The maximum Gasteiger partial charge on any atom is 0.211 e. The molecule has 0 aliphatic carbocycles. The van der Waals surface area contributed by atoms with Crippen LogP contribution in [0.1, 0.15) is 33.6 Å². The third kappa shape index (κ3) is 11.6. The van der Waals surface area contributed by atoms with E-state index >= 15 is 0 Å². The molecule has 0 aromatic heterocycles. The van der Waals surface area contributed by atoms with Gasteiger partial charge in [0.05, 0.1) is 12.8 Å². The first-order valence-corrected chi connectivity index (χ1v) is 11.5. The predicted molar refractivity (Wildman–Crippen MR) is 127 cm³/mol. The summed E-state index contributed by atoms with van der Waals surface area (Å²) >= 11 is 0. The van der Waals surface area contributed by atoms with Crippen molar-refractivity contribution >= 4 is 40.0 Å². The number of nitrogens with one attached hydrogen (secondary N) is 2. The van der Waals surface area contributed by atoms with Gasteiger partial charge in [0.1, 0.15) is 17.7 Å². The fourth-order valence-electron chi connectivity index (χ4n) is 2.54. The molecule has 1 atom stereocenters. The fraction of sp³-hybridized carbons (Fsp3) is 0.632. The van der Waals surface area contributed by atoms with Crippen LogP contribution in [0.3, 0.4) is 0 Å². The minimum Gasteiger partial charge on any atom is -0.488 e. The number of nitrogens with zero attached hydrogens (tertiary/aromatic N) is 2. The number of sulfonamides is 1. The normalized spacial score (nSPS) is 13.0. The Kier molecular flexibility index (Phi) is 14.2. The topological polar surface area (TPSA) is 83.0 Å². The summed E-state index contributed by atoms with van der Waals surface area (Å²) in [7, 11) is -3.17. The molecule has 29 heavy (non-hydrogen) atoms. The molecule has 1 rings (SSSR count). The predicted octanol–water partition coefficient (Wildman–Crippen LogP) is 2.83. The molecule has 10 heteroatoms. The third-order valence-corrected chi connectivity index (χ3v) is 5.43. The Balaban J connectivity index is 0.00000784. The quantitative estimate of drug-likeness (QED) is 0.183. The molecule has 1 aromatic carbocycles. The molecule has 1 aromatic rings. The van der Waals surface area contributed by atoms with Gasteiger partial charge in [0.25, 0.3) is 0 Å². The van der Waals surface area contributed by atoms with Crippen LogP contribution >= 0.6 is 24.0 Å². The third-order valence-electron chi connectivity index (χ3n) is 4.05. The first-order valence-electron chi connectivity index (χ1n) is 9.69. The smallest absolute Gasteiger partial charge is 0.211 e. The minimum atomic E-state index is -3.17. The first kappa shape index (κ1) is 27.9. The van der Waals surface area contributed by atoms with Gasteiger partial charge in [-0.25, -0.2) is 22.1 Å². The monoisotopic (exact) mass is 544 g/mol. The summed E-state index contributed by atoms with van der Waals surface area (Å²) in [6, 6.07) is 6.07. The summed E-state index contributed by atoms with van der Waals surface area (Å²) in [6.45, 7) is 8.43. The van der Waals surface area contributed by atoms with Crippen LogP contribution < -0.4 is 15.4 Å². The van der Waals surface area contributed by atoms with E-state index in [1.807, 2.05) is 20.8 Å². The molecule has 0 aliphatic rings. The highest BCUT2D eigenvalue weighted by atomic mass is 127. The fourth-order valence-corrected chi connectivity index (χ4v) is 3.47. The summed E-state index contributed by atoms with van der Waals surface area (Å²) in [5, 5.41) is 6.36. The zero-order valence-electron chi connectivity index (χ0n) is 17.7. The molecule has 0 bridgehead atoms. The molecule has 0 heterocycles. The number of aliphatic imine (C=N–C) groups is 1. The van der Waals surface area contributed by atoms with Gasteiger partial charge in [-0.2, -0.15) is 0 Å². The number of hydrogen-bond donors (Lipinski definition) is 2. The Hall–Kier alpha value is -1.14. The van der Waals surface area contributed by atoms with Crippen LogP contribution in [0.25, 0.3) is 0 Å². The van der Waals surface area contributed by atoms with Gasteiger partial charge in [-0.1, -0.05) is 19.9 Å². The van der Waals surface area contributed by atoms with Gasteiger partial charge >= 0.3 is 0 Å². The van der Waals surface area contributed by atoms with E-state index in [-0.39, 0.29) is 35.9 Å². The van der Waals surface area contributed by atoms with Crippen molar-refractivity contribution in [3.8, 4) is 5.75 Å². The number of rotatable bonds is 12. The zero-order valence-corrected chi connectivity index (χ0v) is 20.8. The van der Waals surface area contributed by atoms with E-state index in [1.165, 1.54) is 22.7 Å². The van der Waals surface area contributed by atoms with Gasteiger partial charge < -0.3 is 15.4 Å². The Morgan fingerprint density at radius 1 is 1.28 bits per heavy atom. The van der Waals surface area contributed by atoms with Crippen LogP contribution in [0.4, 0.5) is 4.39 Å². The van der Waals surface area contributed by atoms with Crippen molar-refractivity contribution in [3.05, 3.63) is 30.1 Å². The lowest BCUT2D eigenvalue weighted by Crippen LogP contribution is -2.40. The largest absolute Gasteiger partial charge is 0.488 e. The summed E-state index contributed by atoms with van der Waals surface area (Å²) in [5.74, 6) is 0.799.